The summed E-state index contributed by atoms with van der Waals surface area (Å²) in [6, 6.07) is 5.89. The Kier molecular flexibility index (Phi) is 6.51. The van der Waals surface area contributed by atoms with Gasteiger partial charge in [0.2, 0.25) is 0 Å². The molecule has 0 saturated heterocycles. The highest BCUT2D eigenvalue weighted by Crippen LogP contribution is 2.20. The number of nitrogens with one attached hydrogen (secondary N) is 1. The summed E-state index contributed by atoms with van der Waals surface area (Å²) in [7, 11) is 0. The number of ether oxygens (including phenoxy) is 1. The number of hydrogen-bond acceptors (Lipinski definition) is 4. The normalized spacial score (nSPS) is 11.1. The predicted molar refractivity (Wildman–Crippen MR) is 96.6 cm³/mol. The van der Waals surface area contributed by atoms with Crippen molar-refractivity contribution in [2.24, 2.45) is 0 Å². The molecule has 0 aliphatic rings. The number of carbonyl (C=O) groups excluding carboxylic acids is 1. The van der Waals surface area contributed by atoms with Crippen molar-refractivity contribution in [1.29, 1.82) is 0 Å². The third-order valence-corrected chi connectivity index (χ3v) is 4.44. The molecular formula is C17H23BrN4O2. The molecule has 0 spiro atoms. The Hall–Kier alpha value is -1.73. The minimum atomic E-state index is -0.211. The standard InChI is InChI=1S/C17H23BrN4O2/c1-11(2)24-9-5-8-19-17(23)16-13(4)22(21-20-16)14-6-7-15(18)12(3)10-14/h6-7,10-11H,5,8-9H2,1-4H3,(H,19,23). The SMILES string of the molecule is Cc1cc(-n2nnc(C(=O)NCCCOC(C)C)c2C)ccc1Br. The number of hydrogen-bond donors (Lipinski definition) is 1. The Labute approximate surface area is 150 Å². The van der Waals surface area contributed by atoms with E-state index < -0.39 is 0 Å². The van der Waals surface area contributed by atoms with Gasteiger partial charge >= 0.3 is 0 Å². The van der Waals surface area contributed by atoms with Crippen LogP contribution in [-0.4, -0.2) is 40.2 Å². The molecular weight excluding hydrogens is 372 g/mol. The molecule has 1 aromatic carbocycles. The van der Waals surface area contributed by atoms with Crippen LogP contribution in [0.4, 0.5) is 0 Å². The topological polar surface area (TPSA) is 69.0 Å². The van der Waals surface area contributed by atoms with E-state index in [9.17, 15) is 4.79 Å². The number of halogens is 1. The first-order valence-electron chi connectivity index (χ1n) is 7.98. The van der Waals surface area contributed by atoms with Crippen LogP contribution in [0, 0.1) is 13.8 Å². The van der Waals surface area contributed by atoms with Gasteiger partial charge in [0.05, 0.1) is 17.5 Å². The fourth-order valence-corrected chi connectivity index (χ4v) is 2.47. The van der Waals surface area contributed by atoms with Gasteiger partial charge < -0.3 is 10.1 Å². The molecule has 0 aliphatic carbocycles. The van der Waals surface area contributed by atoms with Crippen molar-refractivity contribution in [2.45, 2.75) is 40.2 Å². The van der Waals surface area contributed by atoms with Crippen molar-refractivity contribution in [3.8, 4) is 5.69 Å². The lowest BCUT2D eigenvalue weighted by Crippen LogP contribution is -2.26. The van der Waals surface area contributed by atoms with E-state index in [0.717, 1.165) is 22.1 Å². The fourth-order valence-electron chi connectivity index (χ4n) is 2.22. The molecule has 0 unspecified atom stereocenters. The van der Waals surface area contributed by atoms with Gasteiger partial charge in [-0.15, -0.1) is 5.10 Å². The number of nitrogens with zero attached hydrogens (tertiary/aromatic N) is 3. The van der Waals surface area contributed by atoms with Gasteiger partial charge in [-0.25, -0.2) is 4.68 Å². The molecule has 0 fully saturated rings. The van der Waals surface area contributed by atoms with Crippen LogP contribution in [-0.2, 0) is 4.74 Å². The van der Waals surface area contributed by atoms with Crippen LogP contribution < -0.4 is 5.32 Å². The molecule has 2 rings (SSSR count). The van der Waals surface area contributed by atoms with Crippen LogP contribution in [0.25, 0.3) is 5.69 Å². The van der Waals surface area contributed by atoms with E-state index in [1.807, 2.05) is 45.9 Å². The van der Waals surface area contributed by atoms with Gasteiger partial charge in [-0.1, -0.05) is 21.1 Å². The summed E-state index contributed by atoms with van der Waals surface area (Å²) in [4.78, 5) is 12.3. The summed E-state index contributed by atoms with van der Waals surface area (Å²) in [6.45, 7) is 9.01. The molecule has 130 valence electrons. The molecule has 0 atom stereocenters. The first-order chi connectivity index (χ1) is 11.4. The molecule has 0 radical (unpaired) electrons. The van der Waals surface area contributed by atoms with E-state index in [1.54, 1.807) is 4.68 Å². The molecule has 6 nitrogen and oxygen atoms in total. The predicted octanol–water partition coefficient (Wildman–Crippen LogP) is 3.19. The number of rotatable bonds is 7. The van der Waals surface area contributed by atoms with E-state index in [0.29, 0.717) is 24.5 Å². The molecule has 1 aromatic heterocycles. The molecule has 0 aliphatic heterocycles. The van der Waals surface area contributed by atoms with Crippen LogP contribution in [0.3, 0.4) is 0 Å². The molecule has 7 heteroatoms. The third-order valence-electron chi connectivity index (χ3n) is 3.55. The van der Waals surface area contributed by atoms with Crippen molar-refractivity contribution in [1.82, 2.24) is 20.3 Å². The maximum atomic E-state index is 12.3. The van der Waals surface area contributed by atoms with Gasteiger partial charge in [0.25, 0.3) is 5.91 Å². The summed E-state index contributed by atoms with van der Waals surface area (Å²) < 4.78 is 8.16. The van der Waals surface area contributed by atoms with E-state index >= 15 is 0 Å². The van der Waals surface area contributed by atoms with Crippen molar-refractivity contribution in [2.75, 3.05) is 13.2 Å². The highest BCUT2D eigenvalue weighted by atomic mass is 79.9. The number of carbonyl (C=O) groups is 1. The zero-order valence-corrected chi connectivity index (χ0v) is 16.1. The molecule has 24 heavy (non-hydrogen) atoms. The Morgan fingerprint density at radius 3 is 2.79 bits per heavy atom. The first-order valence-corrected chi connectivity index (χ1v) is 8.78. The number of aryl methyl sites for hydroxylation is 1. The molecule has 0 bridgehead atoms. The zero-order valence-electron chi connectivity index (χ0n) is 14.5. The number of aromatic nitrogens is 3. The van der Waals surface area contributed by atoms with Gasteiger partial charge in [0.1, 0.15) is 0 Å². The van der Waals surface area contributed by atoms with Gasteiger partial charge in [-0.3, -0.25) is 4.79 Å². The fraction of sp³-hybridized carbons (Fsp3) is 0.471. The van der Waals surface area contributed by atoms with Crippen molar-refractivity contribution in [3.63, 3.8) is 0 Å². The van der Waals surface area contributed by atoms with Crippen molar-refractivity contribution >= 4 is 21.8 Å². The highest BCUT2D eigenvalue weighted by molar-refractivity contribution is 9.10. The lowest BCUT2D eigenvalue weighted by molar-refractivity contribution is 0.0756. The summed E-state index contributed by atoms with van der Waals surface area (Å²) >= 11 is 3.48. The second kappa shape index (κ2) is 8.39. The monoisotopic (exact) mass is 394 g/mol. The molecule has 0 saturated carbocycles. The van der Waals surface area contributed by atoms with Crippen LogP contribution in [0.15, 0.2) is 22.7 Å². The average Bonchev–Trinajstić information content (AvgIpc) is 2.91. The van der Waals surface area contributed by atoms with E-state index in [2.05, 4.69) is 31.6 Å². The lowest BCUT2D eigenvalue weighted by atomic mass is 10.2. The van der Waals surface area contributed by atoms with E-state index in [-0.39, 0.29) is 12.0 Å². The van der Waals surface area contributed by atoms with Crippen LogP contribution in [0.2, 0.25) is 0 Å². The van der Waals surface area contributed by atoms with Gasteiger partial charge in [-0.2, -0.15) is 0 Å². The summed E-state index contributed by atoms with van der Waals surface area (Å²) in [6.07, 6.45) is 0.973. The third kappa shape index (κ3) is 4.64. The maximum absolute atomic E-state index is 12.3. The van der Waals surface area contributed by atoms with Crippen LogP contribution in [0.1, 0.15) is 42.0 Å². The highest BCUT2D eigenvalue weighted by Gasteiger charge is 2.17. The van der Waals surface area contributed by atoms with Crippen molar-refractivity contribution < 1.29 is 9.53 Å². The maximum Gasteiger partial charge on any atom is 0.273 e. The smallest absolute Gasteiger partial charge is 0.273 e. The molecule has 1 heterocycles. The second-order valence-corrected chi connectivity index (χ2v) is 6.75. The summed E-state index contributed by atoms with van der Waals surface area (Å²) in [5.41, 5.74) is 3.04. The quantitative estimate of drug-likeness (QED) is 0.732. The largest absolute Gasteiger partial charge is 0.379 e. The van der Waals surface area contributed by atoms with Gasteiger partial charge in [0.15, 0.2) is 5.69 Å². The zero-order chi connectivity index (χ0) is 17.7. The summed E-state index contributed by atoms with van der Waals surface area (Å²) in [5.74, 6) is -0.211. The minimum absolute atomic E-state index is 0.206. The Bertz CT molecular complexity index is 713. The van der Waals surface area contributed by atoms with Gasteiger partial charge in [0, 0.05) is 17.6 Å². The number of benzene rings is 1. The minimum Gasteiger partial charge on any atom is -0.379 e. The van der Waals surface area contributed by atoms with Crippen LogP contribution >= 0.6 is 15.9 Å². The Morgan fingerprint density at radius 2 is 2.12 bits per heavy atom. The summed E-state index contributed by atoms with van der Waals surface area (Å²) in [5, 5.41) is 11.0. The lowest BCUT2D eigenvalue weighted by Gasteiger charge is -2.08. The molecule has 1 amide bonds. The van der Waals surface area contributed by atoms with Crippen molar-refractivity contribution in [3.05, 3.63) is 39.6 Å². The number of amides is 1. The Morgan fingerprint density at radius 1 is 1.38 bits per heavy atom. The van der Waals surface area contributed by atoms with E-state index in [4.69, 9.17) is 4.74 Å². The second-order valence-electron chi connectivity index (χ2n) is 5.90. The van der Waals surface area contributed by atoms with E-state index in [1.165, 1.54) is 0 Å². The molecule has 2 aromatic rings. The first kappa shape index (κ1) is 18.6. The van der Waals surface area contributed by atoms with Crippen LogP contribution in [0.5, 0.6) is 0 Å². The average molecular weight is 395 g/mol. The Balaban J connectivity index is 2.01. The molecule has 1 N–H and O–H groups in total. The van der Waals surface area contributed by atoms with Gasteiger partial charge in [-0.05, 0) is 57.9 Å².